The number of rotatable bonds is 7. The summed E-state index contributed by atoms with van der Waals surface area (Å²) in [6, 6.07) is 3.91. The number of hydrazine groups is 1. The first-order valence-electron chi connectivity index (χ1n) is 20.6. The third-order valence-electron chi connectivity index (χ3n) is 11.9. The van der Waals surface area contributed by atoms with E-state index in [4.69, 9.17) is 9.47 Å². The molecule has 0 spiro atoms. The van der Waals surface area contributed by atoms with E-state index in [-0.39, 0.29) is 25.8 Å². The standard InChI is InChI=1S/C40H58N8O9S/c1-39(2,3)57-37(52)42-32-11-9-7-5-6-8-10-28-22-40(28,36(51)44-58(54,55)31-14-15-31)43-34(49)33-21-30(25-48(33)35(32)50)56-38(53)46-23-26-12-13-29(20-27(26)24-46)45(4)47-18-16-41-17-19-47/h8,10,12-13,20,28,30-33,41H,5-7,9,11,14-19,21-25H2,1-4H3,(H,42,52)(H,43,49)(H,44,51)/t28-,30-,32-,33+,40-/m1/s1. The number of anilines is 1. The number of alkyl carbamates (subject to hydrolysis) is 1. The normalized spacial score (nSPS) is 28.2. The third-order valence-corrected chi connectivity index (χ3v) is 13.7. The van der Waals surface area contributed by atoms with Crippen LogP contribution in [0, 0.1) is 5.92 Å². The zero-order chi connectivity index (χ0) is 41.4. The first-order chi connectivity index (χ1) is 27.5. The van der Waals surface area contributed by atoms with Gasteiger partial charge in [0, 0.05) is 58.7 Å². The Morgan fingerprint density at radius 1 is 1.00 bits per heavy atom. The zero-order valence-electron chi connectivity index (χ0n) is 34.0. The SMILES string of the molecule is CN(c1ccc2c(c1)CN(C(=O)O[C@@H]1C[C@H]3C(=O)N[C@]4(C(=O)NS(=O)(=O)C5CC5)C[C@H]4C=CCCCCC[C@@H](NC(=O)OC(C)(C)C)C(=O)N3C1)C2)N1CCNCC1. The molecule has 4 heterocycles. The lowest BCUT2D eigenvalue weighted by molar-refractivity contribution is -0.141. The van der Waals surface area contributed by atoms with Crippen molar-refractivity contribution in [3.05, 3.63) is 41.5 Å². The van der Waals surface area contributed by atoms with Crippen molar-refractivity contribution in [2.24, 2.45) is 5.92 Å². The predicted octanol–water partition coefficient (Wildman–Crippen LogP) is 2.26. The van der Waals surface area contributed by atoms with Gasteiger partial charge in [-0.25, -0.2) is 23.0 Å². The fourth-order valence-electron chi connectivity index (χ4n) is 8.34. The molecule has 2 saturated heterocycles. The number of ether oxygens (including phenoxy) is 2. The molecular weight excluding hydrogens is 769 g/mol. The van der Waals surface area contributed by atoms with Crippen LogP contribution in [0.25, 0.3) is 0 Å². The Morgan fingerprint density at radius 2 is 1.74 bits per heavy atom. The highest BCUT2D eigenvalue weighted by Gasteiger charge is 2.62. The molecule has 7 rings (SSSR count). The van der Waals surface area contributed by atoms with E-state index in [1.807, 2.05) is 31.3 Å². The van der Waals surface area contributed by atoms with Crippen molar-refractivity contribution in [1.82, 2.24) is 35.5 Å². The van der Waals surface area contributed by atoms with Gasteiger partial charge >= 0.3 is 12.2 Å². The summed E-state index contributed by atoms with van der Waals surface area (Å²) < 4.78 is 39.4. The van der Waals surface area contributed by atoms with Crippen LogP contribution in [-0.2, 0) is 47.0 Å². The number of allylic oxidation sites excluding steroid dienone is 1. The lowest BCUT2D eigenvalue weighted by atomic mass is 10.0. The quantitative estimate of drug-likeness (QED) is 0.293. The second-order valence-corrected chi connectivity index (χ2v) is 19.5. The number of piperazine rings is 1. The average molecular weight is 827 g/mol. The highest BCUT2D eigenvalue weighted by Crippen LogP contribution is 2.46. The first kappa shape index (κ1) is 41.7. The number of fused-ring (bicyclic) bond motifs is 3. The van der Waals surface area contributed by atoms with E-state index >= 15 is 0 Å². The van der Waals surface area contributed by atoms with E-state index in [9.17, 15) is 32.4 Å². The Hall–Kier alpha value is -4.42. The highest BCUT2D eigenvalue weighted by molar-refractivity contribution is 7.91. The summed E-state index contributed by atoms with van der Waals surface area (Å²) in [5.41, 5.74) is 0.655. The Kier molecular flexibility index (Phi) is 12.0. The summed E-state index contributed by atoms with van der Waals surface area (Å²) in [7, 11) is -1.88. The molecule has 318 valence electrons. The van der Waals surface area contributed by atoms with Crippen LogP contribution in [0.1, 0.15) is 89.7 Å². The van der Waals surface area contributed by atoms with Crippen LogP contribution in [0.4, 0.5) is 15.3 Å². The van der Waals surface area contributed by atoms with Crippen LogP contribution in [0.3, 0.4) is 0 Å². The largest absolute Gasteiger partial charge is 0.444 e. The summed E-state index contributed by atoms with van der Waals surface area (Å²) in [5, 5.41) is 12.7. The summed E-state index contributed by atoms with van der Waals surface area (Å²) in [5.74, 6) is -2.49. The second-order valence-electron chi connectivity index (χ2n) is 17.5. The minimum atomic E-state index is -3.91. The molecule has 58 heavy (non-hydrogen) atoms. The van der Waals surface area contributed by atoms with E-state index in [0.717, 1.165) is 55.8 Å². The number of amides is 5. The fraction of sp³-hybridized carbons (Fsp3) is 0.675. The van der Waals surface area contributed by atoms with Gasteiger partial charge in [-0.2, -0.15) is 0 Å². The number of nitrogens with zero attached hydrogens (tertiary/aromatic N) is 4. The molecule has 6 aliphatic rings. The highest BCUT2D eigenvalue weighted by atomic mass is 32.2. The van der Waals surface area contributed by atoms with Gasteiger partial charge in [0.2, 0.25) is 21.8 Å². The van der Waals surface area contributed by atoms with Gasteiger partial charge in [-0.1, -0.05) is 31.1 Å². The van der Waals surface area contributed by atoms with E-state index < -0.39 is 80.4 Å². The van der Waals surface area contributed by atoms with Crippen LogP contribution in [-0.4, -0.2) is 127 Å². The molecule has 4 aliphatic heterocycles. The number of carbonyl (C=O) groups excluding carboxylic acids is 5. The molecule has 4 N–H and O–H groups in total. The number of hydrogen-bond donors (Lipinski definition) is 4. The van der Waals surface area contributed by atoms with Crippen molar-refractivity contribution in [1.29, 1.82) is 0 Å². The van der Waals surface area contributed by atoms with E-state index in [1.54, 1.807) is 25.7 Å². The molecule has 0 bridgehead atoms. The molecule has 0 radical (unpaired) electrons. The summed E-state index contributed by atoms with van der Waals surface area (Å²) in [4.78, 5) is 72.2. The maximum absolute atomic E-state index is 14.5. The summed E-state index contributed by atoms with van der Waals surface area (Å²) in [6.07, 6.45) is 5.63. The van der Waals surface area contributed by atoms with E-state index in [1.165, 1.54) is 4.90 Å². The van der Waals surface area contributed by atoms with Crippen LogP contribution >= 0.6 is 0 Å². The molecule has 0 aromatic heterocycles. The van der Waals surface area contributed by atoms with Gasteiger partial charge in [-0.3, -0.25) is 24.0 Å². The molecule has 2 saturated carbocycles. The Labute approximate surface area is 340 Å². The molecular formula is C40H58N8O9S. The third kappa shape index (κ3) is 9.54. The maximum atomic E-state index is 14.5. The van der Waals surface area contributed by atoms with Crippen LogP contribution < -0.4 is 25.7 Å². The van der Waals surface area contributed by atoms with Gasteiger partial charge in [-0.15, -0.1) is 0 Å². The molecule has 0 unspecified atom stereocenters. The molecule has 18 heteroatoms. The number of carbonyl (C=O) groups is 5. The Balaban J connectivity index is 1.09. The minimum Gasteiger partial charge on any atom is -0.444 e. The van der Waals surface area contributed by atoms with Crippen molar-refractivity contribution >= 4 is 45.6 Å². The lowest BCUT2D eigenvalue weighted by Gasteiger charge is -2.36. The fourth-order valence-corrected chi connectivity index (χ4v) is 9.71. The van der Waals surface area contributed by atoms with E-state index in [2.05, 4.69) is 36.8 Å². The first-order valence-corrected chi connectivity index (χ1v) is 22.2. The van der Waals surface area contributed by atoms with Crippen LogP contribution in [0.15, 0.2) is 30.4 Å². The van der Waals surface area contributed by atoms with Gasteiger partial charge in [-0.05, 0) is 82.6 Å². The summed E-state index contributed by atoms with van der Waals surface area (Å²) in [6.45, 7) is 9.27. The lowest BCUT2D eigenvalue weighted by Crippen LogP contribution is -2.58. The van der Waals surface area contributed by atoms with Gasteiger partial charge < -0.3 is 35.3 Å². The van der Waals surface area contributed by atoms with Crippen molar-refractivity contribution in [2.75, 3.05) is 44.8 Å². The van der Waals surface area contributed by atoms with Crippen molar-refractivity contribution < 1.29 is 41.9 Å². The molecule has 5 atom stereocenters. The summed E-state index contributed by atoms with van der Waals surface area (Å²) >= 11 is 0. The smallest absolute Gasteiger partial charge is 0.410 e. The predicted molar refractivity (Wildman–Crippen MR) is 213 cm³/mol. The Bertz CT molecular complexity index is 1910. The van der Waals surface area contributed by atoms with Gasteiger partial charge in [0.1, 0.15) is 29.3 Å². The van der Waals surface area contributed by atoms with Crippen molar-refractivity contribution in [3.63, 3.8) is 0 Å². The van der Waals surface area contributed by atoms with Gasteiger partial charge in [0.05, 0.1) is 17.5 Å². The average Bonchev–Trinajstić information content (AvgIpc) is 4.06. The molecule has 1 aromatic rings. The molecule has 17 nitrogen and oxygen atoms in total. The number of hydrogen-bond acceptors (Lipinski definition) is 12. The molecule has 1 aromatic carbocycles. The maximum Gasteiger partial charge on any atom is 0.410 e. The Morgan fingerprint density at radius 3 is 2.47 bits per heavy atom. The zero-order valence-corrected chi connectivity index (χ0v) is 34.8. The van der Waals surface area contributed by atoms with Gasteiger partial charge in [0.15, 0.2) is 0 Å². The second kappa shape index (κ2) is 16.7. The number of nitrogens with one attached hydrogen (secondary N) is 4. The number of sulfonamides is 1. The van der Waals surface area contributed by atoms with Crippen LogP contribution in [0.5, 0.6) is 0 Å². The molecule has 2 aliphatic carbocycles. The topological polar surface area (TPSA) is 199 Å². The van der Waals surface area contributed by atoms with Crippen molar-refractivity contribution in [2.45, 2.75) is 126 Å². The van der Waals surface area contributed by atoms with Gasteiger partial charge in [0.25, 0.3) is 5.91 Å². The number of benzene rings is 1. The molecule has 5 amide bonds. The minimum absolute atomic E-state index is 0.0680. The van der Waals surface area contributed by atoms with E-state index in [0.29, 0.717) is 38.8 Å². The van der Waals surface area contributed by atoms with Crippen molar-refractivity contribution in [3.8, 4) is 0 Å². The monoisotopic (exact) mass is 826 g/mol. The molecule has 4 fully saturated rings. The van der Waals surface area contributed by atoms with Crippen LogP contribution in [0.2, 0.25) is 0 Å².